The summed E-state index contributed by atoms with van der Waals surface area (Å²) in [4.78, 5) is 1.96. The molecule has 1 aromatic rings. The normalized spacial score (nSPS) is 17.8. The Bertz CT molecular complexity index is 641. The molecule has 0 saturated carbocycles. The van der Waals surface area contributed by atoms with Gasteiger partial charge in [0.05, 0.1) is 4.90 Å². The van der Waals surface area contributed by atoms with Gasteiger partial charge in [0.2, 0.25) is 10.0 Å². The Labute approximate surface area is 129 Å². The molecule has 0 bridgehead atoms. The molecule has 0 radical (unpaired) electrons. The van der Waals surface area contributed by atoms with Gasteiger partial charge in [0.1, 0.15) is 10.8 Å². The summed E-state index contributed by atoms with van der Waals surface area (Å²) in [5.74, 6) is -0.624. The quantitative estimate of drug-likeness (QED) is 0.800. The van der Waals surface area contributed by atoms with Crippen LogP contribution in [0.4, 0.5) is 4.39 Å². The molecule has 1 saturated heterocycles. The molecular weight excluding hydrogens is 313 g/mol. The second kappa shape index (κ2) is 6.35. The van der Waals surface area contributed by atoms with Crippen LogP contribution in [0, 0.1) is 5.82 Å². The lowest BCUT2D eigenvalue weighted by Gasteiger charge is -2.29. The molecule has 8 heteroatoms. The summed E-state index contributed by atoms with van der Waals surface area (Å²) in [5, 5.41) is 0. The van der Waals surface area contributed by atoms with Gasteiger partial charge in [0.25, 0.3) is 0 Å². The Kier molecular flexibility index (Phi) is 4.92. The number of thiocarbonyl (C=S) groups is 1. The topological polar surface area (TPSA) is 75.4 Å². The molecule has 1 aromatic carbocycles. The summed E-state index contributed by atoms with van der Waals surface area (Å²) in [6, 6.07) is 3.35. The van der Waals surface area contributed by atoms with E-state index in [4.69, 9.17) is 18.0 Å². The molecule has 0 aliphatic carbocycles. The molecule has 21 heavy (non-hydrogen) atoms. The van der Waals surface area contributed by atoms with Crippen LogP contribution in [0.25, 0.3) is 0 Å². The Hall–Kier alpha value is -1.09. The second-order valence-electron chi connectivity index (χ2n) is 5.20. The van der Waals surface area contributed by atoms with Gasteiger partial charge in [0.15, 0.2) is 0 Å². The third-order valence-electron chi connectivity index (χ3n) is 3.55. The molecule has 116 valence electrons. The molecule has 1 aliphatic rings. The van der Waals surface area contributed by atoms with E-state index in [1.165, 1.54) is 12.1 Å². The third-order valence-corrected chi connectivity index (χ3v) is 5.29. The minimum atomic E-state index is -3.70. The van der Waals surface area contributed by atoms with Crippen molar-refractivity contribution in [2.24, 2.45) is 5.73 Å². The number of piperidine rings is 1. The largest absolute Gasteiger partial charge is 0.389 e. The summed E-state index contributed by atoms with van der Waals surface area (Å²) in [5.41, 5.74) is 5.34. The van der Waals surface area contributed by atoms with Gasteiger partial charge < -0.3 is 10.6 Å². The van der Waals surface area contributed by atoms with Crippen LogP contribution in [0.5, 0.6) is 0 Å². The van der Waals surface area contributed by atoms with Crippen LogP contribution in [0.15, 0.2) is 23.1 Å². The van der Waals surface area contributed by atoms with Crippen molar-refractivity contribution < 1.29 is 12.8 Å². The maximum absolute atomic E-state index is 13.5. The van der Waals surface area contributed by atoms with Crippen molar-refractivity contribution in [2.75, 3.05) is 20.1 Å². The summed E-state index contributed by atoms with van der Waals surface area (Å²) in [7, 11) is -1.70. The first kappa shape index (κ1) is 16.3. The number of nitrogens with zero attached hydrogens (tertiary/aromatic N) is 1. The lowest BCUT2D eigenvalue weighted by Crippen LogP contribution is -2.43. The van der Waals surface area contributed by atoms with E-state index in [-0.39, 0.29) is 21.5 Å². The smallest absolute Gasteiger partial charge is 0.240 e. The number of hydrogen-bond acceptors (Lipinski definition) is 4. The summed E-state index contributed by atoms with van der Waals surface area (Å²) in [6.45, 7) is 1.68. The van der Waals surface area contributed by atoms with Crippen molar-refractivity contribution in [1.82, 2.24) is 9.62 Å². The SMILES string of the molecule is CN1CCC(NS(=O)(=O)c2ccc(F)c(C(N)=S)c2)CC1. The zero-order valence-electron chi connectivity index (χ0n) is 11.7. The number of hydrogen-bond donors (Lipinski definition) is 2. The van der Waals surface area contributed by atoms with Gasteiger partial charge in [-0.15, -0.1) is 0 Å². The van der Waals surface area contributed by atoms with Gasteiger partial charge >= 0.3 is 0 Å². The van der Waals surface area contributed by atoms with Crippen molar-refractivity contribution in [3.63, 3.8) is 0 Å². The van der Waals surface area contributed by atoms with Crippen molar-refractivity contribution in [2.45, 2.75) is 23.8 Å². The van der Waals surface area contributed by atoms with Crippen LogP contribution >= 0.6 is 12.2 Å². The molecule has 0 unspecified atom stereocenters. The van der Waals surface area contributed by atoms with Crippen molar-refractivity contribution in [3.05, 3.63) is 29.6 Å². The Morgan fingerprint density at radius 2 is 2.05 bits per heavy atom. The molecule has 3 N–H and O–H groups in total. The highest BCUT2D eigenvalue weighted by Gasteiger charge is 2.24. The Balaban J connectivity index is 2.20. The summed E-state index contributed by atoms with van der Waals surface area (Å²) >= 11 is 4.72. The van der Waals surface area contributed by atoms with Gasteiger partial charge in [-0.1, -0.05) is 12.2 Å². The van der Waals surface area contributed by atoms with Gasteiger partial charge in [-0.2, -0.15) is 0 Å². The minimum absolute atomic E-state index is 0.0226. The van der Waals surface area contributed by atoms with Crippen molar-refractivity contribution in [1.29, 1.82) is 0 Å². The molecule has 0 amide bonds. The predicted molar refractivity (Wildman–Crippen MR) is 83.1 cm³/mol. The molecular formula is C13H18FN3O2S2. The Morgan fingerprint density at radius 3 is 2.62 bits per heavy atom. The second-order valence-corrected chi connectivity index (χ2v) is 7.36. The Morgan fingerprint density at radius 1 is 1.43 bits per heavy atom. The molecule has 0 atom stereocenters. The number of sulfonamides is 1. The van der Waals surface area contributed by atoms with Crippen molar-refractivity contribution >= 4 is 27.2 Å². The van der Waals surface area contributed by atoms with Crippen LogP contribution in [0.3, 0.4) is 0 Å². The number of benzene rings is 1. The predicted octanol–water partition coefficient (Wildman–Crippen LogP) is 0.832. The van der Waals surface area contributed by atoms with Crippen LogP contribution < -0.4 is 10.5 Å². The lowest BCUT2D eigenvalue weighted by molar-refractivity contribution is 0.248. The zero-order chi connectivity index (χ0) is 15.6. The molecule has 1 fully saturated rings. The van der Waals surface area contributed by atoms with Crippen LogP contribution in [0.2, 0.25) is 0 Å². The van der Waals surface area contributed by atoms with Gasteiger partial charge in [-0.25, -0.2) is 17.5 Å². The number of halogens is 1. The third kappa shape index (κ3) is 3.97. The fourth-order valence-electron chi connectivity index (χ4n) is 2.27. The van der Waals surface area contributed by atoms with E-state index < -0.39 is 15.8 Å². The summed E-state index contributed by atoms with van der Waals surface area (Å²) < 4.78 is 40.9. The highest BCUT2D eigenvalue weighted by Crippen LogP contribution is 2.17. The van der Waals surface area contributed by atoms with E-state index in [2.05, 4.69) is 9.62 Å². The monoisotopic (exact) mass is 331 g/mol. The van der Waals surface area contributed by atoms with Gasteiger partial charge in [-0.3, -0.25) is 0 Å². The van der Waals surface area contributed by atoms with Crippen LogP contribution in [0.1, 0.15) is 18.4 Å². The molecule has 1 aliphatic heterocycles. The number of nitrogens with one attached hydrogen (secondary N) is 1. The van der Waals surface area contributed by atoms with E-state index >= 15 is 0 Å². The van der Waals surface area contributed by atoms with Gasteiger partial charge in [0, 0.05) is 11.6 Å². The molecule has 2 rings (SSSR count). The minimum Gasteiger partial charge on any atom is -0.389 e. The highest BCUT2D eigenvalue weighted by molar-refractivity contribution is 7.89. The van der Waals surface area contributed by atoms with E-state index in [1.54, 1.807) is 0 Å². The fourth-order valence-corrected chi connectivity index (χ4v) is 3.76. The summed E-state index contributed by atoms with van der Waals surface area (Å²) in [6.07, 6.45) is 1.50. The molecule has 0 aromatic heterocycles. The maximum Gasteiger partial charge on any atom is 0.240 e. The van der Waals surface area contributed by atoms with E-state index in [0.29, 0.717) is 0 Å². The van der Waals surface area contributed by atoms with E-state index in [1.807, 2.05) is 7.05 Å². The van der Waals surface area contributed by atoms with E-state index in [0.717, 1.165) is 32.0 Å². The van der Waals surface area contributed by atoms with Crippen LogP contribution in [-0.4, -0.2) is 44.5 Å². The molecule has 0 spiro atoms. The molecule has 5 nitrogen and oxygen atoms in total. The van der Waals surface area contributed by atoms with E-state index in [9.17, 15) is 12.8 Å². The molecule has 1 heterocycles. The van der Waals surface area contributed by atoms with Gasteiger partial charge in [-0.05, 0) is 51.2 Å². The maximum atomic E-state index is 13.5. The fraction of sp³-hybridized carbons (Fsp3) is 0.462. The lowest BCUT2D eigenvalue weighted by atomic mass is 10.1. The van der Waals surface area contributed by atoms with Crippen molar-refractivity contribution in [3.8, 4) is 0 Å². The number of rotatable bonds is 4. The van der Waals surface area contributed by atoms with Crippen LogP contribution in [-0.2, 0) is 10.0 Å². The first-order chi connectivity index (χ1) is 9.79. The first-order valence-electron chi connectivity index (χ1n) is 6.60. The standard InChI is InChI=1S/C13H18FN3O2S2/c1-17-6-4-9(5-7-17)16-21(18,19)10-2-3-12(14)11(8-10)13(15)20/h2-3,8-9,16H,4-7H2,1H3,(H2,15,20). The highest BCUT2D eigenvalue weighted by atomic mass is 32.2. The average molecular weight is 331 g/mol. The number of likely N-dealkylation sites (tertiary alicyclic amines) is 1. The first-order valence-corrected chi connectivity index (χ1v) is 8.49. The zero-order valence-corrected chi connectivity index (χ0v) is 13.3. The average Bonchev–Trinajstić information content (AvgIpc) is 2.41. The number of nitrogens with two attached hydrogens (primary N) is 1.